The Morgan fingerprint density at radius 2 is 1.84 bits per heavy atom. The SMILES string of the molecule is Clc1cccc(Cl)c1-c1nocc1C1=C(C2CC2)C2(CCNCC2)C1. The average molecular weight is 375 g/mol. The number of halogens is 2. The summed E-state index contributed by atoms with van der Waals surface area (Å²) in [5.74, 6) is 0.756. The molecule has 5 heteroatoms. The van der Waals surface area contributed by atoms with Crippen molar-refractivity contribution in [1.29, 1.82) is 0 Å². The quantitative estimate of drug-likeness (QED) is 0.761. The van der Waals surface area contributed by atoms with Crippen LogP contribution in [0.5, 0.6) is 0 Å². The molecule has 2 heterocycles. The van der Waals surface area contributed by atoms with Crippen molar-refractivity contribution >= 4 is 28.8 Å². The third-order valence-corrected chi connectivity index (χ3v) is 6.68. The van der Waals surface area contributed by atoms with E-state index in [2.05, 4.69) is 10.5 Å². The number of piperidine rings is 1. The first-order chi connectivity index (χ1) is 12.2. The van der Waals surface area contributed by atoms with Gasteiger partial charge in [0.05, 0.1) is 10.0 Å². The zero-order chi connectivity index (χ0) is 17.0. The minimum atomic E-state index is 0.403. The molecule has 130 valence electrons. The summed E-state index contributed by atoms with van der Waals surface area (Å²) in [5.41, 5.74) is 6.15. The van der Waals surface area contributed by atoms with Gasteiger partial charge in [0.15, 0.2) is 0 Å². The van der Waals surface area contributed by atoms with E-state index in [-0.39, 0.29) is 0 Å². The molecule has 0 unspecified atom stereocenters. The smallest absolute Gasteiger partial charge is 0.131 e. The van der Waals surface area contributed by atoms with Crippen LogP contribution < -0.4 is 5.32 Å². The average Bonchev–Trinajstić information content (AvgIpc) is 3.29. The van der Waals surface area contributed by atoms with E-state index in [0.717, 1.165) is 42.2 Å². The third kappa shape index (κ3) is 2.48. The Morgan fingerprint density at radius 3 is 2.52 bits per heavy atom. The molecular weight excluding hydrogens is 355 g/mol. The van der Waals surface area contributed by atoms with Gasteiger partial charge in [0, 0.05) is 11.1 Å². The summed E-state index contributed by atoms with van der Waals surface area (Å²) in [7, 11) is 0. The van der Waals surface area contributed by atoms with Crippen molar-refractivity contribution in [3.05, 3.63) is 45.6 Å². The first kappa shape index (κ1) is 15.9. The highest BCUT2D eigenvalue weighted by Crippen LogP contribution is 2.63. The lowest BCUT2D eigenvalue weighted by Crippen LogP contribution is -2.43. The van der Waals surface area contributed by atoms with Crippen LogP contribution in [-0.4, -0.2) is 18.2 Å². The highest BCUT2D eigenvalue weighted by atomic mass is 35.5. The van der Waals surface area contributed by atoms with Crippen molar-refractivity contribution < 1.29 is 4.52 Å². The lowest BCUT2D eigenvalue weighted by atomic mass is 9.56. The Hall–Kier alpha value is -1.29. The maximum Gasteiger partial charge on any atom is 0.131 e. The Kier molecular flexibility index (Phi) is 3.74. The molecule has 25 heavy (non-hydrogen) atoms. The van der Waals surface area contributed by atoms with Gasteiger partial charge in [0.2, 0.25) is 0 Å². The Balaban J connectivity index is 1.62. The van der Waals surface area contributed by atoms with Crippen LogP contribution in [0.25, 0.3) is 16.8 Å². The van der Waals surface area contributed by atoms with Crippen molar-refractivity contribution in [2.75, 3.05) is 13.1 Å². The van der Waals surface area contributed by atoms with Crippen LogP contribution in [0, 0.1) is 11.3 Å². The lowest BCUT2D eigenvalue weighted by Gasteiger charge is -2.49. The molecule has 2 fully saturated rings. The van der Waals surface area contributed by atoms with Gasteiger partial charge >= 0.3 is 0 Å². The summed E-state index contributed by atoms with van der Waals surface area (Å²) in [4.78, 5) is 0. The summed E-state index contributed by atoms with van der Waals surface area (Å²) < 4.78 is 5.38. The highest BCUT2D eigenvalue weighted by Gasteiger charge is 2.51. The molecule has 0 amide bonds. The largest absolute Gasteiger partial charge is 0.363 e. The second-order valence-corrected chi connectivity index (χ2v) is 8.36. The topological polar surface area (TPSA) is 38.1 Å². The molecule has 1 N–H and O–H groups in total. The molecule has 0 bridgehead atoms. The molecule has 1 aromatic heterocycles. The molecule has 1 spiro atoms. The minimum Gasteiger partial charge on any atom is -0.363 e. The molecule has 1 saturated carbocycles. The number of aromatic nitrogens is 1. The van der Waals surface area contributed by atoms with Gasteiger partial charge in [0.25, 0.3) is 0 Å². The van der Waals surface area contributed by atoms with Gasteiger partial charge in [-0.15, -0.1) is 0 Å². The van der Waals surface area contributed by atoms with E-state index in [9.17, 15) is 0 Å². The lowest BCUT2D eigenvalue weighted by molar-refractivity contribution is 0.224. The van der Waals surface area contributed by atoms with Gasteiger partial charge < -0.3 is 9.84 Å². The molecule has 5 rings (SSSR count). The van der Waals surface area contributed by atoms with Crippen molar-refractivity contribution in [2.24, 2.45) is 11.3 Å². The minimum absolute atomic E-state index is 0.403. The monoisotopic (exact) mass is 374 g/mol. The normalized spacial score (nSPS) is 22.3. The van der Waals surface area contributed by atoms with Gasteiger partial charge in [-0.05, 0) is 74.2 Å². The second kappa shape index (κ2) is 5.87. The second-order valence-electron chi connectivity index (χ2n) is 7.55. The van der Waals surface area contributed by atoms with Crippen molar-refractivity contribution in [1.82, 2.24) is 10.5 Å². The first-order valence-electron chi connectivity index (χ1n) is 9.03. The van der Waals surface area contributed by atoms with E-state index in [0.29, 0.717) is 15.5 Å². The molecular formula is C20H20Cl2N2O. The van der Waals surface area contributed by atoms with E-state index in [1.807, 2.05) is 18.2 Å². The van der Waals surface area contributed by atoms with Crippen LogP contribution >= 0.6 is 23.2 Å². The summed E-state index contributed by atoms with van der Waals surface area (Å²) >= 11 is 12.8. The number of nitrogens with one attached hydrogen (secondary N) is 1. The number of hydrogen-bond acceptors (Lipinski definition) is 3. The van der Waals surface area contributed by atoms with E-state index in [1.165, 1.54) is 31.3 Å². The zero-order valence-electron chi connectivity index (χ0n) is 13.9. The number of hydrogen-bond donors (Lipinski definition) is 1. The van der Waals surface area contributed by atoms with Gasteiger partial charge in [-0.25, -0.2) is 0 Å². The van der Waals surface area contributed by atoms with Gasteiger partial charge in [-0.1, -0.05) is 40.0 Å². The summed E-state index contributed by atoms with van der Waals surface area (Å²) in [6, 6.07) is 5.56. The predicted octanol–water partition coefficient (Wildman–Crippen LogP) is 5.59. The first-order valence-corrected chi connectivity index (χ1v) is 9.78. The molecule has 2 aromatic rings. The Bertz CT molecular complexity index is 840. The van der Waals surface area contributed by atoms with Crippen LogP contribution in [0.1, 0.15) is 37.7 Å². The molecule has 0 radical (unpaired) electrons. The highest BCUT2D eigenvalue weighted by molar-refractivity contribution is 6.39. The van der Waals surface area contributed by atoms with Gasteiger partial charge in [-0.2, -0.15) is 0 Å². The Morgan fingerprint density at radius 1 is 1.12 bits per heavy atom. The maximum absolute atomic E-state index is 6.42. The van der Waals surface area contributed by atoms with E-state index < -0.39 is 0 Å². The summed E-state index contributed by atoms with van der Waals surface area (Å²) in [5, 5.41) is 9.01. The number of rotatable bonds is 3. The molecule has 3 nitrogen and oxygen atoms in total. The van der Waals surface area contributed by atoms with Crippen molar-refractivity contribution in [3.8, 4) is 11.3 Å². The predicted molar refractivity (Wildman–Crippen MR) is 101 cm³/mol. The fourth-order valence-corrected chi connectivity index (χ4v) is 5.32. The molecule has 1 aromatic carbocycles. The van der Waals surface area contributed by atoms with Crippen LogP contribution in [0.3, 0.4) is 0 Å². The Labute approximate surface area is 157 Å². The standard InChI is InChI=1S/C20H20Cl2N2O/c21-15-2-1-3-16(22)17(15)19-14(11-25-24-19)13-10-20(6-8-23-9-7-20)18(13)12-4-5-12/h1-3,11-12,23H,4-10H2. The summed E-state index contributed by atoms with van der Waals surface area (Å²) in [6.45, 7) is 2.24. The molecule has 3 aliphatic rings. The molecule has 2 aliphatic carbocycles. The van der Waals surface area contributed by atoms with E-state index >= 15 is 0 Å². The number of benzene rings is 1. The van der Waals surface area contributed by atoms with Crippen LogP contribution in [0.4, 0.5) is 0 Å². The van der Waals surface area contributed by atoms with Crippen molar-refractivity contribution in [3.63, 3.8) is 0 Å². The summed E-state index contributed by atoms with van der Waals surface area (Å²) in [6.07, 6.45) is 8.03. The fourth-order valence-electron chi connectivity index (χ4n) is 4.74. The van der Waals surface area contributed by atoms with E-state index in [4.69, 9.17) is 27.7 Å². The van der Waals surface area contributed by atoms with Crippen LogP contribution in [0.2, 0.25) is 10.0 Å². The van der Waals surface area contributed by atoms with E-state index in [1.54, 1.807) is 11.8 Å². The maximum atomic E-state index is 6.42. The molecule has 0 atom stereocenters. The van der Waals surface area contributed by atoms with Crippen molar-refractivity contribution in [2.45, 2.75) is 32.1 Å². The third-order valence-electron chi connectivity index (χ3n) is 6.05. The van der Waals surface area contributed by atoms with Crippen LogP contribution in [0.15, 0.2) is 34.6 Å². The van der Waals surface area contributed by atoms with Crippen LogP contribution in [-0.2, 0) is 0 Å². The van der Waals surface area contributed by atoms with Gasteiger partial charge in [-0.3, -0.25) is 0 Å². The fraction of sp³-hybridized carbons (Fsp3) is 0.450. The zero-order valence-corrected chi connectivity index (χ0v) is 15.5. The van der Waals surface area contributed by atoms with Gasteiger partial charge in [0.1, 0.15) is 12.0 Å². The number of allylic oxidation sites excluding steroid dienone is 2. The molecule has 1 aliphatic heterocycles. The number of nitrogens with zero attached hydrogens (tertiary/aromatic N) is 1. The molecule has 1 saturated heterocycles.